The van der Waals surface area contributed by atoms with Gasteiger partial charge in [0, 0.05) is 23.7 Å². The summed E-state index contributed by atoms with van der Waals surface area (Å²) in [5.41, 5.74) is 5.42. The average Bonchev–Trinajstić information content (AvgIpc) is 3.22. The zero-order valence-electron chi connectivity index (χ0n) is 18.0. The maximum absolute atomic E-state index is 5.48. The van der Waals surface area contributed by atoms with E-state index in [-0.39, 0.29) is 0 Å². The lowest BCUT2D eigenvalue weighted by molar-refractivity contribution is 0.354. The smallest absolute Gasteiger partial charge is 0.196 e. The number of aromatic nitrogens is 4. The quantitative estimate of drug-likeness (QED) is 0.372. The van der Waals surface area contributed by atoms with Crippen molar-refractivity contribution in [2.45, 2.75) is 24.8 Å². The van der Waals surface area contributed by atoms with Crippen molar-refractivity contribution in [3.05, 3.63) is 77.6 Å². The molecule has 4 aromatic rings. The molecule has 0 saturated heterocycles. The molecule has 2 aromatic carbocycles. The third kappa shape index (κ3) is 4.27. The number of rotatable bonds is 7. The van der Waals surface area contributed by atoms with Gasteiger partial charge in [-0.1, -0.05) is 30.0 Å². The van der Waals surface area contributed by atoms with Crippen LogP contribution in [0.3, 0.4) is 0 Å². The van der Waals surface area contributed by atoms with Gasteiger partial charge in [-0.05, 0) is 60.9 Å². The van der Waals surface area contributed by atoms with E-state index in [4.69, 9.17) is 9.47 Å². The molecule has 4 rings (SSSR count). The highest BCUT2D eigenvalue weighted by molar-refractivity contribution is 7.98. The van der Waals surface area contributed by atoms with Gasteiger partial charge in [-0.15, -0.1) is 10.2 Å². The summed E-state index contributed by atoms with van der Waals surface area (Å²) in [6.07, 6.45) is 3.57. The number of hydrogen-bond acceptors (Lipinski definition) is 6. The second kappa shape index (κ2) is 9.22. The number of pyridine rings is 1. The summed E-state index contributed by atoms with van der Waals surface area (Å²) in [4.78, 5) is 4.25. The molecule has 6 nitrogen and oxygen atoms in total. The molecule has 7 heteroatoms. The van der Waals surface area contributed by atoms with Crippen LogP contribution in [0.2, 0.25) is 0 Å². The van der Waals surface area contributed by atoms with E-state index in [0.29, 0.717) is 0 Å². The lowest BCUT2D eigenvalue weighted by Gasteiger charge is -2.14. The van der Waals surface area contributed by atoms with Gasteiger partial charge in [-0.3, -0.25) is 9.55 Å². The van der Waals surface area contributed by atoms with Crippen LogP contribution in [-0.2, 0) is 5.75 Å². The summed E-state index contributed by atoms with van der Waals surface area (Å²) >= 11 is 1.64. The van der Waals surface area contributed by atoms with Crippen molar-refractivity contribution in [1.29, 1.82) is 0 Å². The number of thioether (sulfide) groups is 1. The van der Waals surface area contributed by atoms with E-state index in [1.54, 1.807) is 32.2 Å². The Morgan fingerprint density at radius 1 is 0.903 bits per heavy atom. The van der Waals surface area contributed by atoms with Crippen LogP contribution in [0.25, 0.3) is 17.1 Å². The molecule has 0 atom stereocenters. The van der Waals surface area contributed by atoms with Crippen LogP contribution in [0.5, 0.6) is 11.5 Å². The Kier molecular flexibility index (Phi) is 6.23. The molecule has 0 aliphatic rings. The first kappa shape index (κ1) is 20.9. The molecule has 158 valence electrons. The highest BCUT2D eigenvalue weighted by atomic mass is 32.2. The number of nitrogens with zero attached hydrogens (tertiary/aromatic N) is 4. The number of methoxy groups -OCH3 is 2. The molecule has 0 radical (unpaired) electrons. The Morgan fingerprint density at radius 2 is 1.68 bits per heavy atom. The number of benzene rings is 2. The van der Waals surface area contributed by atoms with Crippen molar-refractivity contribution in [2.24, 2.45) is 0 Å². The van der Waals surface area contributed by atoms with Crippen molar-refractivity contribution < 1.29 is 9.47 Å². The van der Waals surface area contributed by atoms with E-state index in [2.05, 4.69) is 45.7 Å². The summed E-state index contributed by atoms with van der Waals surface area (Å²) in [7, 11) is 3.30. The average molecular weight is 433 g/mol. The zero-order valence-corrected chi connectivity index (χ0v) is 18.8. The molecule has 0 fully saturated rings. The van der Waals surface area contributed by atoms with Crippen LogP contribution < -0.4 is 9.47 Å². The van der Waals surface area contributed by atoms with Gasteiger partial charge in [0.2, 0.25) is 0 Å². The predicted molar refractivity (Wildman–Crippen MR) is 123 cm³/mol. The molecule has 0 spiro atoms. The summed E-state index contributed by atoms with van der Waals surface area (Å²) in [5, 5.41) is 9.85. The van der Waals surface area contributed by atoms with Crippen LogP contribution in [0.1, 0.15) is 16.7 Å². The van der Waals surface area contributed by atoms with Gasteiger partial charge >= 0.3 is 0 Å². The Morgan fingerprint density at radius 3 is 2.39 bits per heavy atom. The maximum atomic E-state index is 5.48. The summed E-state index contributed by atoms with van der Waals surface area (Å²) in [6.45, 7) is 4.17. The third-order valence-corrected chi connectivity index (χ3v) is 6.09. The molecule has 0 aliphatic carbocycles. The Hall–Kier alpha value is -3.32. The van der Waals surface area contributed by atoms with E-state index >= 15 is 0 Å². The van der Waals surface area contributed by atoms with Crippen molar-refractivity contribution in [3.8, 4) is 28.6 Å². The summed E-state index contributed by atoms with van der Waals surface area (Å²) < 4.78 is 13.0. The Balaban J connectivity index is 1.73. The predicted octanol–water partition coefficient (Wildman–Crippen LogP) is 5.26. The van der Waals surface area contributed by atoms with Gasteiger partial charge in [0.25, 0.3) is 0 Å². The minimum Gasteiger partial charge on any atom is -0.493 e. The molecule has 0 N–H and O–H groups in total. The normalized spacial score (nSPS) is 10.8. The van der Waals surface area contributed by atoms with Gasteiger partial charge in [0.1, 0.15) is 0 Å². The van der Waals surface area contributed by atoms with Gasteiger partial charge in [0.05, 0.1) is 19.9 Å². The van der Waals surface area contributed by atoms with Crippen LogP contribution >= 0.6 is 11.8 Å². The Labute approximate surface area is 186 Å². The minimum atomic E-state index is 0.722. The molecular weight excluding hydrogens is 408 g/mol. The molecule has 0 aliphatic heterocycles. The fourth-order valence-corrected chi connectivity index (χ4v) is 4.41. The first-order valence-electron chi connectivity index (χ1n) is 9.88. The highest BCUT2D eigenvalue weighted by Gasteiger charge is 2.18. The largest absolute Gasteiger partial charge is 0.493 e. The number of aryl methyl sites for hydroxylation is 2. The second-order valence-corrected chi connectivity index (χ2v) is 8.03. The molecule has 2 aromatic heterocycles. The van der Waals surface area contributed by atoms with E-state index in [0.717, 1.165) is 56.2 Å². The van der Waals surface area contributed by atoms with E-state index in [1.807, 2.05) is 42.6 Å². The van der Waals surface area contributed by atoms with Crippen LogP contribution in [0, 0.1) is 13.8 Å². The second-order valence-electron chi connectivity index (χ2n) is 7.09. The van der Waals surface area contributed by atoms with E-state index in [9.17, 15) is 0 Å². The molecule has 2 heterocycles. The maximum Gasteiger partial charge on any atom is 0.196 e. The van der Waals surface area contributed by atoms with Crippen molar-refractivity contribution in [1.82, 2.24) is 19.7 Å². The van der Waals surface area contributed by atoms with E-state index in [1.165, 1.54) is 0 Å². The first-order chi connectivity index (χ1) is 15.1. The highest BCUT2D eigenvalue weighted by Crippen LogP contribution is 2.35. The SMILES string of the molecule is COc1cc(C)c(CSc2nnc(-c3cccnc3)n2-c2ccccc2C)cc1OC. The van der Waals surface area contributed by atoms with Crippen molar-refractivity contribution in [2.75, 3.05) is 14.2 Å². The standard InChI is InChI=1S/C24H24N4O2S/c1-16-8-5-6-10-20(16)28-23(18-9-7-11-25-14-18)26-27-24(28)31-15-19-13-22(30-4)21(29-3)12-17(19)2/h5-14H,15H2,1-4H3. The van der Waals surface area contributed by atoms with Gasteiger partial charge in [0.15, 0.2) is 22.5 Å². The lowest BCUT2D eigenvalue weighted by Crippen LogP contribution is -2.02. The summed E-state index contributed by atoms with van der Waals surface area (Å²) in [5.74, 6) is 2.95. The molecule has 0 unspecified atom stereocenters. The van der Waals surface area contributed by atoms with Crippen LogP contribution in [-0.4, -0.2) is 34.0 Å². The van der Waals surface area contributed by atoms with E-state index < -0.39 is 0 Å². The van der Waals surface area contributed by atoms with Crippen molar-refractivity contribution in [3.63, 3.8) is 0 Å². The Bertz CT molecular complexity index is 1190. The van der Waals surface area contributed by atoms with Crippen LogP contribution in [0.15, 0.2) is 66.1 Å². The molecule has 31 heavy (non-hydrogen) atoms. The van der Waals surface area contributed by atoms with Gasteiger partial charge in [-0.2, -0.15) is 0 Å². The number of para-hydroxylation sites is 1. The minimum absolute atomic E-state index is 0.722. The number of hydrogen-bond donors (Lipinski definition) is 0. The van der Waals surface area contributed by atoms with Gasteiger partial charge in [-0.25, -0.2) is 0 Å². The lowest BCUT2D eigenvalue weighted by atomic mass is 10.1. The topological polar surface area (TPSA) is 62.1 Å². The third-order valence-electron chi connectivity index (χ3n) is 5.11. The zero-order chi connectivity index (χ0) is 21.8. The monoisotopic (exact) mass is 432 g/mol. The van der Waals surface area contributed by atoms with Crippen LogP contribution in [0.4, 0.5) is 0 Å². The fourth-order valence-electron chi connectivity index (χ4n) is 3.40. The fraction of sp³-hybridized carbons (Fsp3) is 0.208. The molecule has 0 saturated carbocycles. The van der Waals surface area contributed by atoms with Gasteiger partial charge < -0.3 is 9.47 Å². The molecule has 0 amide bonds. The molecular formula is C24H24N4O2S. The first-order valence-corrected chi connectivity index (χ1v) is 10.9. The number of ether oxygens (including phenoxy) is 2. The van der Waals surface area contributed by atoms with Crippen molar-refractivity contribution >= 4 is 11.8 Å². The summed E-state index contributed by atoms with van der Waals surface area (Å²) in [6, 6.07) is 16.2. The molecule has 0 bridgehead atoms.